The summed E-state index contributed by atoms with van der Waals surface area (Å²) in [6.07, 6.45) is 1.99. The number of likely N-dealkylation sites (tertiary alicyclic amines) is 1. The Morgan fingerprint density at radius 1 is 1.08 bits per heavy atom. The molecule has 2 bridgehead atoms. The summed E-state index contributed by atoms with van der Waals surface area (Å²) < 4.78 is 4.51. The first-order valence-electron chi connectivity index (χ1n) is 13.2. The largest absolute Gasteiger partial charge is 0.497 e. The molecule has 2 aromatic carbocycles. The Balaban J connectivity index is 1.49. The maximum Gasteiger partial charge on any atom is 0.248 e. The number of carbonyl (C=O) groups is 3. The smallest absolute Gasteiger partial charge is 0.248 e. The number of nitrogens with one attached hydrogen (secondary N) is 2. The molecular formula is C29H35N3O5S. The zero-order chi connectivity index (χ0) is 27.0. The Bertz CT molecular complexity index is 1190. The van der Waals surface area contributed by atoms with Crippen LogP contribution in [0.25, 0.3) is 0 Å². The summed E-state index contributed by atoms with van der Waals surface area (Å²) in [4.78, 5) is 43.4. The van der Waals surface area contributed by atoms with Gasteiger partial charge >= 0.3 is 0 Å². The lowest BCUT2D eigenvalue weighted by atomic mass is 9.70. The molecule has 3 aliphatic heterocycles. The number of benzene rings is 2. The third kappa shape index (κ3) is 4.56. The number of aliphatic hydroxyl groups is 1. The van der Waals surface area contributed by atoms with Gasteiger partial charge < -0.3 is 25.4 Å². The van der Waals surface area contributed by atoms with Crippen LogP contribution in [0.5, 0.6) is 5.75 Å². The molecule has 0 saturated carbocycles. The molecular weight excluding hydrogens is 502 g/mol. The van der Waals surface area contributed by atoms with E-state index in [9.17, 15) is 19.5 Å². The van der Waals surface area contributed by atoms with Gasteiger partial charge in [0.15, 0.2) is 0 Å². The number of aliphatic hydroxyl groups excluding tert-OH is 1. The van der Waals surface area contributed by atoms with Gasteiger partial charge in [-0.05, 0) is 61.6 Å². The van der Waals surface area contributed by atoms with Crippen molar-refractivity contribution < 1.29 is 24.2 Å². The standard InChI is InChI=1S/C29H35N3O5S/c1-17(2)15-20(16-33)32-25(27(35)31-19-9-11-21(37-3)12-10-19)29-14-13-22(38-29)23(24(29)28(32)36)26(34)30-18-7-5-4-6-8-18/h4-12,17,20,22-25,33H,13-16H2,1-3H3,(H,30,34)(H,31,35)/t20-,22+,23-,24+,25?,29?/m1/s1. The Hall–Kier alpha value is -3.04. The highest BCUT2D eigenvalue weighted by atomic mass is 32.2. The zero-order valence-corrected chi connectivity index (χ0v) is 22.7. The molecule has 38 heavy (non-hydrogen) atoms. The molecule has 3 saturated heterocycles. The fourth-order valence-corrected chi connectivity index (χ4v) is 8.74. The number of thioether (sulfide) groups is 1. The molecule has 202 valence electrons. The number of methoxy groups -OCH3 is 1. The predicted molar refractivity (Wildman–Crippen MR) is 148 cm³/mol. The number of rotatable bonds is 9. The summed E-state index contributed by atoms with van der Waals surface area (Å²) in [6, 6.07) is 15.0. The number of ether oxygens (including phenoxy) is 1. The lowest BCUT2D eigenvalue weighted by Crippen LogP contribution is -2.55. The summed E-state index contributed by atoms with van der Waals surface area (Å²) in [5.41, 5.74) is 1.28. The second-order valence-corrected chi connectivity index (χ2v) is 12.4. The molecule has 1 spiro atoms. The topological polar surface area (TPSA) is 108 Å². The summed E-state index contributed by atoms with van der Waals surface area (Å²) in [5.74, 6) is -0.954. The monoisotopic (exact) mass is 537 g/mol. The first kappa shape index (κ1) is 26.6. The van der Waals surface area contributed by atoms with Crippen molar-refractivity contribution in [2.45, 2.75) is 55.2 Å². The van der Waals surface area contributed by atoms with E-state index in [0.717, 1.165) is 6.42 Å². The summed E-state index contributed by atoms with van der Waals surface area (Å²) in [5, 5.41) is 16.3. The van der Waals surface area contributed by atoms with Crippen LogP contribution in [-0.4, -0.2) is 63.5 Å². The van der Waals surface area contributed by atoms with Crippen LogP contribution in [-0.2, 0) is 14.4 Å². The molecule has 3 aliphatic rings. The average molecular weight is 538 g/mol. The maximum atomic E-state index is 14.2. The second kappa shape index (κ2) is 10.6. The van der Waals surface area contributed by atoms with E-state index < -0.39 is 28.7 Å². The van der Waals surface area contributed by atoms with E-state index in [1.807, 2.05) is 44.2 Å². The van der Waals surface area contributed by atoms with Gasteiger partial charge in [-0.2, -0.15) is 0 Å². The van der Waals surface area contributed by atoms with E-state index in [1.54, 1.807) is 48.0 Å². The Morgan fingerprint density at radius 3 is 2.37 bits per heavy atom. The van der Waals surface area contributed by atoms with E-state index in [0.29, 0.717) is 30.0 Å². The summed E-state index contributed by atoms with van der Waals surface area (Å²) in [7, 11) is 1.58. The van der Waals surface area contributed by atoms with Crippen LogP contribution in [0.1, 0.15) is 33.1 Å². The zero-order valence-electron chi connectivity index (χ0n) is 21.9. The second-order valence-electron chi connectivity index (χ2n) is 10.8. The van der Waals surface area contributed by atoms with Gasteiger partial charge in [-0.25, -0.2) is 0 Å². The fourth-order valence-electron chi connectivity index (χ4n) is 6.54. The number of para-hydroxylation sites is 1. The van der Waals surface area contributed by atoms with Crippen LogP contribution in [0.2, 0.25) is 0 Å². The molecule has 6 atom stereocenters. The van der Waals surface area contributed by atoms with Crippen LogP contribution in [0, 0.1) is 17.8 Å². The number of amides is 3. The Kier molecular flexibility index (Phi) is 7.42. The lowest BCUT2D eigenvalue weighted by molar-refractivity contribution is -0.141. The quantitative estimate of drug-likeness (QED) is 0.450. The van der Waals surface area contributed by atoms with Gasteiger partial charge in [0.05, 0.1) is 36.3 Å². The molecule has 3 fully saturated rings. The predicted octanol–water partition coefficient (Wildman–Crippen LogP) is 3.77. The SMILES string of the molecule is COc1ccc(NC(=O)C2N([C@@H](CO)CC(C)C)C(=O)[C@@H]3[C@H](C(=O)Nc4ccccc4)[C@@H]4CCC23S4)cc1. The molecule has 8 nitrogen and oxygen atoms in total. The van der Waals surface area contributed by atoms with Gasteiger partial charge in [-0.15, -0.1) is 11.8 Å². The van der Waals surface area contributed by atoms with Crippen LogP contribution < -0.4 is 15.4 Å². The first-order chi connectivity index (χ1) is 18.3. The minimum Gasteiger partial charge on any atom is -0.497 e. The molecule has 5 rings (SSSR count). The highest BCUT2D eigenvalue weighted by molar-refractivity contribution is 8.02. The van der Waals surface area contributed by atoms with E-state index in [1.165, 1.54) is 0 Å². The Morgan fingerprint density at radius 2 is 1.74 bits per heavy atom. The fraction of sp³-hybridized carbons (Fsp3) is 0.483. The van der Waals surface area contributed by atoms with Crippen molar-refractivity contribution in [1.29, 1.82) is 0 Å². The van der Waals surface area contributed by atoms with E-state index in [4.69, 9.17) is 4.74 Å². The maximum absolute atomic E-state index is 14.2. The minimum atomic E-state index is -0.789. The molecule has 0 radical (unpaired) electrons. The normalized spacial score (nSPS) is 28.3. The van der Waals surface area contributed by atoms with Gasteiger partial charge in [-0.1, -0.05) is 32.0 Å². The van der Waals surface area contributed by atoms with Gasteiger partial charge in [0.25, 0.3) is 0 Å². The van der Waals surface area contributed by atoms with Crippen molar-refractivity contribution in [3.8, 4) is 5.75 Å². The third-order valence-corrected chi connectivity index (χ3v) is 9.99. The molecule has 3 heterocycles. The van der Waals surface area contributed by atoms with Crippen molar-refractivity contribution in [3.05, 3.63) is 54.6 Å². The summed E-state index contributed by atoms with van der Waals surface area (Å²) in [6.45, 7) is 3.82. The first-order valence-corrected chi connectivity index (χ1v) is 14.1. The highest BCUT2D eigenvalue weighted by Gasteiger charge is 2.74. The summed E-state index contributed by atoms with van der Waals surface area (Å²) >= 11 is 1.62. The number of nitrogens with zero attached hydrogens (tertiary/aromatic N) is 1. The third-order valence-electron chi connectivity index (χ3n) is 8.04. The molecule has 2 aromatic rings. The van der Waals surface area contributed by atoms with Crippen LogP contribution in [0.15, 0.2) is 54.6 Å². The lowest BCUT2D eigenvalue weighted by Gasteiger charge is -2.37. The Labute approximate surface area is 227 Å². The van der Waals surface area contributed by atoms with Gasteiger partial charge in [0.2, 0.25) is 17.7 Å². The van der Waals surface area contributed by atoms with Gasteiger partial charge in [-0.3, -0.25) is 14.4 Å². The molecule has 3 N–H and O–H groups in total. The van der Waals surface area contributed by atoms with Gasteiger partial charge in [0, 0.05) is 16.6 Å². The number of carbonyl (C=O) groups excluding carboxylic acids is 3. The van der Waals surface area contributed by atoms with E-state index in [2.05, 4.69) is 10.6 Å². The number of anilines is 2. The van der Waals surface area contributed by atoms with Crippen LogP contribution in [0.4, 0.5) is 11.4 Å². The van der Waals surface area contributed by atoms with Crippen LogP contribution >= 0.6 is 11.8 Å². The number of hydrogen-bond acceptors (Lipinski definition) is 6. The van der Waals surface area contributed by atoms with Crippen molar-refractivity contribution in [2.75, 3.05) is 24.4 Å². The average Bonchev–Trinajstić information content (AvgIpc) is 3.55. The van der Waals surface area contributed by atoms with Crippen molar-refractivity contribution in [3.63, 3.8) is 0 Å². The number of fused-ring (bicyclic) bond motifs is 1. The minimum absolute atomic E-state index is 0.0382. The van der Waals surface area contributed by atoms with Crippen molar-refractivity contribution in [1.82, 2.24) is 4.90 Å². The molecule has 9 heteroatoms. The van der Waals surface area contributed by atoms with Crippen molar-refractivity contribution >= 4 is 40.9 Å². The molecule has 0 aliphatic carbocycles. The van der Waals surface area contributed by atoms with E-state index >= 15 is 0 Å². The number of hydrogen-bond donors (Lipinski definition) is 3. The molecule has 2 unspecified atom stereocenters. The van der Waals surface area contributed by atoms with Crippen molar-refractivity contribution in [2.24, 2.45) is 17.8 Å². The van der Waals surface area contributed by atoms with E-state index in [-0.39, 0.29) is 35.5 Å². The highest BCUT2D eigenvalue weighted by Crippen LogP contribution is 2.66. The van der Waals surface area contributed by atoms with Crippen LogP contribution in [0.3, 0.4) is 0 Å². The van der Waals surface area contributed by atoms with Gasteiger partial charge in [0.1, 0.15) is 11.8 Å². The molecule has 0 aromatic heterocycles. The molecule has 3 amide bonds.